The number of hydrogen-bond donors (Lipinski definition) is 8. The molecule has 2 aromatic rings. The average molecular weight is 548 g/mol. The van der Waals surface area contributed by atoms with Gasteiger partial charge in [-0.3, -0.25) is 24.0 Å². The van der Waals surface area contributed by atoms with Crippen molar-refractivity contribution in [2.75, 3.05) is 0 Å². The molecule has 4 atom stereocenters. The molecule has 4 unspecified atom stereocenters. The van der Waals surface area contributed by atoms with Crippen LogP contribution in [0.15, 0.2) is 30.5 Å². The van der Waals surface area contributed by atoms with E-state index in [2.05, 4.69) is 20.9 Å². The van der Waals surface area contributed by atoms with Gasteiger partial charge in [0.05, 0.1) is 12.5 Å². The molecule has 3 amide bonds. The summed E-state index contributed by atoms with van der Waals surface area (Å²) in [5.41, 5.74) is 7.63. The molecule has 1 aromatic carbocycles. The van der Waals surface area contributed by atoms with Crippen molar-refractivity contribution in [3.8, 4) is 0 Å². The Morgan fingerprint density at radius 1 is 0.872 bits per heavy atom. The van der Waals surface area contributed by atoms with Gasteiger partial charge in [0.15, 0.2) is 0 Å². The molecule has 0 bridgehead atoms. The third kappa shape index (κ3) is 9.10. The fraction of sp³-hybridized carbons (Fsp3) is 0.440. The van der Waals surface area contributed by atoms with Gasteiger partial charge in [0, 0.05) is 23.5 Å². The van der Waals surface area contributed by atoms with Crippen molar-refractivity contribution >= 4 is 46.5 Å². The molecule has 212 valence electrons. The Morgan fingerprint density at radius 3 is 2.10 bits per heavy atom. The van der Waals surface area contributed by atoms with E-state index < -0.39 is 78.6 Å². The first-order chi connectivity index (χ1) is 18.3. The number of carboxylic acids is 3. The van der Waals surface area contributed by atoms with E-state index in [-0.39, 0.29) is 12.8 Å². The van der Waals surface area contributed by atoms with Crippen LogP contribution in [0.3, 0.4) is 0 Å². The summed E-state index contributed by atoms with van der Waals surface area (Å²) in [6.45, 7) is 3.11. The van der Waals surface area contributed by atoms with Crippen LogP contribution in [0.25, 0.3) is 10.9 Å². The zero-order chi connectivity index (χ0) is 29.3. The van der Waals surface area contributed by atoms with Crippen molar-refractivity contribution in [2.24, 2.45) is 11.7 Å². The lowest BCUT2D eigenvalue weighted by molar-refractivity contribution is -0.144. The Kier molecular flexibility index (Phi) is 11.0. The van der Waals surface area contributed by atoms with Gasteiger partial charge < -0.3 is 42.0 Å². The number of fused-ring (bicyclic) bond motifs is 1. The standard InChI is InChI=1S/C25H33N5O9/c1-12(2)21(24(37)28-17(25(38)39)7-8-19(31)32)30-23(36)18(10-20(33)34)29-22(35)15(26)9-13-11-27-16-6-4-3-5-14(13)16/h3-6,11-12,15,17-18,21,27H,7-10,26H2,1-2H3,(H,28,37)(H,29,35)(H,30,36)(H,31,32)(H,33,34)(H,38,39). The van der Waals surface area contributed by atoms with Crippen molar-refractivity contribution in [2.45, 2.75) is 63.7 Å². The number of aliphatic carboxylic acids is 3. The number of aromatic nitrogens is 1. The van der Waals surface area contributed by atoms with Gasteiger partial charge in [-0.1, -0.05) is 32.0 Å². The molecular weight excluding hydrogens is 514 g/mol. The van der Waals surface area contributed by atoms with Gasteiger partial charge in [-0.15, -0.1) is 0 Å². The molecule has 0 aliphatic heterocycles. The first-order valence-corrected chi connectivity index (χ1v) is 12.2. The SMILES string of the molecule is CC(C)C(NC(=O)C(CC(=O)O)NC(=O)C(N)Cc1c[nH]c2ccccc12)C(=O)NC(CCC(=O)O)C(=O)O. The number of H-pyrrole nitrogens is 1. The predicted molar refractivity (Wildman–Crippen MR) is 137 cm³/mol. The summed E-state index contributed by atoms with van der Waals surface area (Å²) >= 11 is 0. The minimum atomic E-state index is -1.58. The second-order valence-corrected chi connectivity index (χ2v) is 9.39. The zero-order valence-electron chi connectivity index (χ0n) is 21.5. The van der Waals surface area contributed by atoms with E-state index >= 15 is 0 Å². The molecule has 0 saturated heterocycles. The van der Waals surface area contributed by atoms with E-state index in [1.807, 2.05) is 24.3 Å². The third-order valence-electron chi connectivity index (χ3n) is 5.97. The van der Waals surface area contributed by atoms with E-state index in [1.165, 1.54) is 0 Å². The summed E-state index contributed by atoms with van der Waals surface area (Å²) in [5, 5.41) is 35.1. The molecule has 0 aliphatic carbocycles. The van der Waals surface area contributed by atoms with Crippen molar-refractivity contribution in [1.29, 1.82) is 0 Å². The molecule has 14 heteroatoms. The van der Waals surface area contributed by atoms with Gasteiger partial charge in [0.25, 0.3) is 0 Å². The van der Waals surface area contributed by atoms with Crippen LogP contribution in [0.1, 0.15) is 38.7 Å². The minimum Gasteiger partial charge on any atom is -0.481 e. The van der Waals surface area contributed by atoms with Crippen molar-refractivity contribution in [3.05, 3.63) is 36.0 Å². The number of carboxylic acid groups (broad SMARTS) is 3. The maximum Gasteiger partial charge on any atom is 0.326 e. The Labute approximate surface area is 223 Å². The predicted octanol–water partition coefficient (Wildman–Crippen LogP) is -0.428. The highest BCUT2D eigenvalue weighted by Gasteiger charge is 2.33. The Bertz CT molecular complexity index is 1230. The van der Waals surface area contributed by atoms with Crippen LogP contribution < -0.4 is 21.7 Å². The number of aromatic amines is 1. The average Bonchev–Trinajstić information content (AvgIpc) is 3.26. The van der Waals surface area contributed by atoms with Gasteiger partial charge >= 0.3 is 17.9 Å². The van der Waals surface area contributed by atoms with Crippen LogP contribution in [-0.4, -0.2) is 80.1 Å². The topological polar surface area (TPSA) is 241 Å². The molecule has 0 aliphatic rings. The zero-order valence-corrected chi connectivity index (χ0v) is 21.5. The van der Waals surface area contributed by atoms with Crippen LogP contribution in [0.2, 0.25) is 0 Å². The molecule has 2 rings (SSSR count). The van der Waals surface area contributed by atoms with Gasteiger partial charge in [-0.25, -0.2) is 4.79 Å². The maximum atomic E-state index is 13.0. The number of nitrogens with two attached hydrogens (primary N) is 1. The Morgan fingerprint density at radius 2 is 1.51 bits per heavy atom. The van der Waals surface area contributed by atoms with Crippen LogP contribution in [0.5, 0.6) is 0 Å². The molecule has 9 N–H and O–H groups in total. The fourth-order valence-electron chi connectivity index (χ4n) is 3.87. The van der Waals surface area contributed by atoms with E-state index in [4.69, 9.17) is 10.8 Å². The van der Waals surface area contributed by atoms with Crippen LogP contribution >= 0.6 is 0 Å². The second kappa shape index (κ2) is 13.9. The van der Waals surface area contributed by atoms with Gasteiger partial charge in [-0.05, 0) is 30.4 Å². The number of carbonyl (C=O) groups excluding carboxylic acids is 3. The van der Waals surface area contributed by atoms with Gasteiger partial charge in [0.2, 0.25) is 17.7 Å². The number of hydrogen-bond acceptors (Lipinski definition) is 7. The Hall–Kier alpha value is -4.46. The normalized spacial score (nSPS) is 14.2. The number of carbonyl (C=O) groups is 6. The summed E-state index contributed by atoms with van der Waals surface area (Å²) in [6, 6.07) is 1.83. The van der Waals surface area contributed by atoms with Crippen molar-refractivity contribution in [3.63, 3.8) is 0 Å². The molecule has 0 spiro atoms. The monoisotopic (exact) mass is 547 g/mol. The number of rotatable bonds is 15. The number of amides is 3. The molecule has 39 heavy (non-hydrogen) atoms. The first-order valence-electron chi connectivity index (χ1n) is 12.2. The van der Waals surface area contributed by atoms with Crippen molar-refractivity contribution < 1.29 is 44.1 Å². The highest BCUT2D eigenvalue weighted by molar-refractivity contribution is 5.96. The number of nitrogens with one attached hydrogen (secondary N) is 4. The Balaban J connectivity index is 2.11. The van der Waals surface area contributed by atoms with Crippen LogP contribution in [0, 0.1) is 5.92 Å². The fourth-order valence-corrected chi connectivity index (χ4v) is 3.87. The van der Waals surface area contributed by atoms with Gasteiger partial charge in [0.1, 0.15) is 18.1 Å². The molecule has 0 fully saturated rings. The van der Waals surface area contributed by atoms with E-state index in [0.29, 0.717) is 0 Å². The molecule has 14 nitrogen and oxygen atoms in total. The summed E-state index contributed by atoms with van der Waals surface area (Å²) < 4.78 is 0. The highest BCUT2D eigenvalue weighted by Crippen LogP contribution is 2.19. The third-order valence-corrected chi connectivity index (χ3v) is 5.97. The quantitative estimate of drug-likeness (QED) is 0.143. The summed E-state index contributed by atoms with van der Waals surface area (Å²) in [5.74, 6) is -7.37. The summed E-state index contributed by atoms with van der Waals surface area (Å²) in [4.78, 5) is 75.2. The van der Waals surface area contributed by atoms with E-state index in [0.717, 1.165) is 16.5 Å². The van der Waals surface area contributed by atoms with Crippen molar-refractivity contribution in [1.82, 2.24) is 20.9 Å². The summed E-state index contributed by atoms with van der Waals surface area (Å²) in [6.07, 6.45) is 0.0932. The maximum absolute atomic E-state index is 13.0. The highest BCUT2D eigenvalue weighted by atomic mass is 16.4. The minimum absolute atomic E-state index is 0.0984. The molecule has 0 saturated carbocycles. The second-order valence-electron chi connectivity index (χ2n) is 9.39. The molecule has 0 radical (unpaired) electrons. The summed E-state index contributed by atoms with van der Waals surface area (Å²) in [7, 11) is 0. The van der Waals surface area contributed by atoms with E-state index in [1.54, 1.807) is 20.0 Å². The first kappa shape index (κ1) is 30.8. The smallest absolute Gasteiger partial charge is 0.326 e. The lowest BCUT2D eigenvalue weighted by Crippen LogP contribution is -2.58. The van der Waals surface area contributed by atoms with Gasteiger partial charge in [-0.2, -0.15) is 0 Å². The molecule has 1 heterocycles. The number of benzene rings is 1. The number of para-hydroxylation sites is 1. The lowest BCUT2D eigenvalue weighted by atomic mass is 10.0. The van der Waals surface area contributed by atoms with Crippen LogP contribution in [-0.2, 0) is 35.2 Å². The molecule has 1 aromatic heterocycles. The van der Waals surface area contributed by atoms with E-state index in [9.17, 15) is 39.0 Å². The molecular formula is C25H33N5O9. The van der Waals surface area contributed by atoms with Crippen LogP contribution in [0.4, 0.5) is 0 Å². The lowest BCUT2D eigenvalue weighted by Gasteiger charge is -2.26. The largest absolute Gasteiger partial charge is 0.481 e.